The molecule has 78 valence electrons. The van der Waals surface area contributed by atoms with Crippen molar-refractivity contribution in [3.05, 3.63) is 17.0 Å². The van der Waals surface area contributed by atoms with Crippen LogP contribution in [0.1, 0.15) is 49.2 Å². The number of rotatable bonds is 2. The fourth-order valence-electron chi connectivity index (χ4n) is 2.41. The van der Waals surface area contributed by atoms with E-state index in [0.29, 0.717) is 12.0 Å². The van der Waals surface area contributed by atoms with E-state index in [0.717, 1.165) is 6.42 Å². The molecule has 0 fully saturated rings. The van der Waals surface area contributed by atoms with Crippen molar-refractivity contribution in [1.82, 2.24) is 15.1 Å². The molecule has 1 heterocycles. The van der Waals surface area contributed by atoms with Gasteiger partial charge in [-0.1, -0.05) is 13.8 Å². The topological polar surface area (TPSA) is 29.9 Å². The Morgan fingerprint density at radius 3 is 2.79 bits per heavy atom. The summed E-state index contributed by atoms with van der Waals surface area (Å²) < 4.78 is 2.06. The van der Waals surface area contributed by atoms with Gasteiger partial charge in [0.15, 0.2) is 0 Å². The van der Waals surface area contributed by atoms with E-state index in [1.54, 1.807) is 0 Å². The van der Waals surface area contributed by atoms with Crippen molar-refractivity contribution < 1.29 is 0 Å². The second-order valence-electron chi connectivity index (χ2n) is 4.40. The zero-order chi connectivity index (χ0) is 10.3. The molecule has 0 saturated carbocycles. The molecule has 0 amide bonds. The van der Waals surface area contributed by atoms with Crippen molar-refractivity contribution in [2.75, 3.05) is 7.05 Å². The largest absolute Gasteiger partial charge is 0.313 e. The van der Waals surface area contributed by atoms with E-state index in [1.165, 1.54) is 23.4 Å². The molecule has 1 aromatic heterocycles. The summed E-state index contributed by atoms with van der Waals surface area (Å²) in [6.45, 7) is 4.43. The molecule has 0 aliphatic heterocycles. The van der Waals surface area contributed by atoms with Gasteiger partial charge in [-0.25, -0.2) is 0 Å². The van der Waals surface area contributed by atoms with Gasteiger partial charge in [-0.05, 0) is 25.8 Å². The SMILES string of the molecule is CNC1CCc2c1c(C(C)C)nn2C. The number of nitrogens with zero attached hydrogens (tertiary/aromatic N) is 2. The van der Waals surface area contributed by atoms with E-state index < -0.39 is 0 Å². The lowest BCUT2D eigenvalue weighted by molar-refractivity contribution is 0.567. The minimum Gasteiger partial charge on any atom is -0.313 e. The molecule has 3 heteroatoms. The smallest absolute Gasteiger partial charge is 0.0700 e. The zero-order valence-electron chi connectivity index (χ0n) is 9.46. The van der Waals surface area contributed by atoms with Crippen LogP contribution in [-0.2, 0) is 13.5 Å². The molecule has 0 bridgehead atoms. The lowest BCUT2D eigenvalue weighted by atomic mass is 10.0. The molecule has 1 N–H and O–H groups in total. The third kappa shape index (κ3) is 1.27. The van der Waals surface area contributed by atoms with Gasteiger partial charge < -0.3 is 5.32 Å². The first-order valence-corrected chi connectivity index (χ1v) is 5.38. The lowest BCUT2D eigenvalue weighted by Gasteiger charge is -2.11. The van der Waals surface area contributed by atoms with Crippen molar-refractivity contribution in [3.8, 4) is 0 Å². The van der Waals surface area contributed by atoms with Crippen molar-refractivity contribution >= 4 is 0 Å². The monoisotopic (exact) mass is 193 g/mol. The number of aromatic nitrogens is 2. The van der Waals surface area contributed by atoms with Gasteiger partial charge in [0.2, 0.25) is 0 Å². The molecule has 14 heavy (non-hydrogen) atoms. The number of aryl methyl sites for hydroxylation is 1. The van der Waals surface area contributed by atoms with Crippen LogP contribution in [0.3, 0.4) is 0 Å². The molecule has 1 aliphatic carbocycles. The Hall–Kier alpha value is -0.830. The van der Waals surface area contributed by atoms with Gasteiger partial charge in [0, 0.05) is 24.3 Å². The highest BCUT2D eigenvalue weighted by Crippen LogP contribution is 2.35. The second kappa shape index (κ2) is 3.39. The van der Waals surface area contributed by atoms with Crippen molar-refractivity contribution in [3.63, 3.8) is 0 Å². The standard InChI is InChI=1S/C11H19N3/c1-7(2)11-10-8(12-3)5-6-9(10)14(4)13-11/h7-8,12H,5-6H2,1-4H3. The van der Waals surface area contributed by atoms with Crippen LogP contribution in [0.5, 0.6) is 0 Å². The van der Waals surface area contributed by atoms with Gasteiger partial charge in [-0.2, -0.15) is 5.10 Å². The van der Waals surface area contributed by atoms with E-state index in [1.807, 2.05) is 7.05 Å². The summed E-state index contributed by atoms with van der Waals surface area (Å²) in [5, 5.41) is 7.98. The van der Waals surface area contributed by atoms with E-state index in [-0.39, 0.29) is 0 Å². The Labute approximate surface area is 85.5 Å². The number of hydrogen-bond donors (Lipinski definition) is 1. The van der Waals surface area contributed by atoms with Crippen LogP contribution < -0.4 is 5.32 Å². The first-order chi connectivity index (χ1) is 6.65. The highest BCUT2D eigenvalue weighted by atomic mass is 15.3. The summed E-state index contributed by atoms with van der Waals surface area (Å²) in [6, 6.07) is 0.524. The van der Waals surface area contributed by atoms with Crippen LogP contribution in [0, 0.1) is 0 Å². The molecule has 1 atom stereocenters. The minimum absolute atomic E-state index is 0.524. The normalized spacial score (nSPS) is 20.5. The third-order valence-corrected chi connectivity index (χ3v) is 3.15. The second-order valence-corrected chi connectivity index (χ2v) is 4.40. The summed E-state index contributed by atoms with van der Waals surface area (Å²) in [4.78, 5) is 0. The van der Waals surface area contributed by atoms with E-state index in [9.17, 15) is 0 Å². The van der Waals surface area contributed by atoms with Gasteiger partial charge in [-0.15, -0.1) is 0 Å². The van der Waals surface area contributed by atoms with Crippen LogP contribution in [0.15, 0.2) is 0 Å². The highest BCUT2D eigenvalue weighted by molar-refractivity contribution is 5.35. The maximum absolute atomic E-state index is 4.61. The molecule has 0 spiro atoms. The molecule has 2 rings (SSSR count). The van der Waals surface area contributed by atoms with Gasteiger partial charge in [0.25, 0.3) is 0 Å². The average molecular weight is 193 g/mol. The fourth-order valence-corrected chi connectivity index (χ4v) is 2.41. The van der Waals surface area contributed by atoms with Crippen LogP contribution in [0.4, 0.5) is 0 Å². The lowest BCUT2D eigenvalue weighted by Crippen LogP contribution is -2.14. The summed E-state index contributed by atoms with van der Waals surface area (Å²) in [5.74, 6) is 0.527. The van der Waals surface area contributed by atoms with Crippen LogP contribution in [0.2, 0.25) is 0 Å². The van der Waals surface area contributed by atoms with Crippen LogP contribution in [0.25, 0.3) is 0 Å². The average Bonchev–Trinajstić information content (AvgIpc) is 2.67. The van der Waals surface area contributed by atoms with Crippen LogP contribution in [-0.4, -0.2) is 16.8 Å². The Morgan fingerprint density at radius 1 is 1.50 bits per heavy atom. The molecule has 0 radical (unpaired) electrons. The van der Waals surface area contributed by atoms with E-state index in [4.69, 9.17) is 0 Å². The van der Waals surface area contributed by atoms with Gasteiger partial charge in [0.1, 0.15) is 0 Å². The molecular weight excluding hydrogens is 174 g/mol. The number of hydrogen-bond acceptors (Lipinski definition) is 2. The maximum atomic E-state index is 4.61. The summed E-state index contributed by atoms with van der Waals surface area (Å²) in [5.41, 5.74) is 4.16. The summed E-state index contributed by atoms with van der Waals surface area (Å²) >= 11 is 0. The first-order valence-electron chi connectivity index (χ1n) is 5.38. The summed E-state index contributed by atoms with van der Waals surface area (Å²) in [6.07, 6.45) is 2.38. The van der Waals surface area contributed by atoms with E-state index in [2.05, 4.69) is 36.0 Å². The number of fused-ring (bicyclic) bond motifs is 1. The fraction of sp³-hybridized carbons (Fsp3) is 0.727. The van der Waals surface area contributed by atoms with Crippen molar-refractivity contribution in [2.45, 2.75) is 38.6 Å². The van der Waals surface area contributed by atoms with Crippen LogP contribution >= 0.6 is 0 Å². The van der Waals surface area contributed by atoms with Crippen molar-refractivity contribution in [1.29, 1.82) is 0 Å². The highest BCUT2D eigenvalue weighted by Gasteiger charge is 2.29. The molecule has 1 unspecified atom stereocenters. The molecule has 0 aromatic carbocycles. The molecular formula is C11H19N3. The zero-order valence-corrected chi connectivity index (χ0v) is 9.46. The predicted octanol–water partition coefficient (Wildman–Crippen LogP) is 1.75. The summed E-state index contributed by atoms with van der Waals surface area (Å²) in [7, 11) is 4.10. The van der Waals surface area contributed by atoms with Gasteiger partial charge >= 0.3 is 0 Å². The minimum atomic E-state index is 0.524. The predicted molar refractivity (Wildman–Crippen MR) is 57.4 cm³/mol. The molecule has 3 nitrogen and oxygen atoms in total. The molecule has 1 aliphatic rings. The van der Waals surface area contributed by atoms with E-state index >= 15 is 0 Å². The quantitative estimate of drug-likeness (QED) is 0.775. The Kier molecular flexibility index (Phi) is 2.35. The number of nitrogens with one attached hydrogen (secondary N) is 1. The Balaban J connectivity index is 2.49. The first kappa shape index (κ1) is 9.71. The Bertz CT molecular complexity index is 339. The third-order valence-electron chi connectivity index (χ3n) is 3.15. The van der Waals surface area contributed by atoms with Crippen molar-refractivity contribution in [2.24, 2.45) is 7.05 Å². The maximum Gasteiger partial charge on any atom is 0.0700 e. The molecule has 1 aromatic rings. The Morgan fingerprint density at radius 2 is 2.21 bits per heavy atom. The van der Waals surface area contributed by atoms with Gasteiger partial charge in [0.05, 0.1) is 5.69 Å². The van der Waals surface area contributed by atoms with Gasteiger partial charge in [-0.3, -0.25) is 4.68 Å². The molecule has 0 saturated heterocycles.